The van der Waals surface area contributed by atoms with E-state index in [4.69, 9.17) is 5.11 Å². The van der Waals surface area contributed by atoms with Crippen LogP contribution in [0.3, 0.4) is 0 Å². The molecule has 0 spiro atoms. The number of aliphatic hydroxyl groups is 1. The molecule has 1 atom stereocenters. The number of pyridine rings is 1. The van der Waals surface area contributed by atoms with Crippen LogP contribution in [0.1, 0.15) is 6.92 Å². The summed E-state index contributed by atoms with van der Waals surface area (Å²) in [6.07, 6.45) is 3.13. The van der Waals surface area contributed by atoms with Crippen LogP contribution in [0.5, 0.6) is 0 Å². The van der Waals surface area contributed by atoms with Gasteiger partial charge in [-0.25, -0.2) is 0 Å². The Kier molecular flexibility index (Phi) is 2.23. The molecule has 3 heteroatoms. The van der Waals surface area contributed by atoms with Crippen LogP contribution < -0.4 is 10.1 Å². The fraction of sp³-hybridized carbons (Fsp3) is 0.286. The molecule has 0 radical (unpaired) electrons. The summed E-state index contributed by atoms with van der Waals surface area (Å²) >= 11 is 0. The lowest BCUT2D eigenvalue weighted by Gasteiger charge is -2.00. The minimum absolute atomic E-state index is 0.521. The van der Waals surface area contributed by atoms with Crippen LogP contribution in [0.2, 0.25) is 0 Å². The molecule has 1 rings (SSSR count). The van der Waals surface area contributed by atoms with Crippen LogP contribution in [0.4, 0.5) is 0 Å². The predicted octanol–water partition coefficient (Wildman–Crippen LogP) is -0.144. The van der Waals surface area contributed by atoms with Gasteiger partial charge in [0.15, 0.2) is 18.6 Å². The lowest BCUT2D eigenvalue weighted by atomic mass is 10.5. The van der Waals surface area contributed by atoms with Gasteiger partial charge >= 0.3 is 0 Å². The quantitative estimate of drug-likeness (QED) is 0.442. The van der Waals surface area contributed by atoms with Crippen LogP contribution in [0, 0.1) is 0 Å². The molecule has 0 aromatic carbocycles. The molecule has 0 aliphatic heterocycles. The number of nitrogens with zero attached hydrogens (tertiary/aromatic N) is 1. The molecule has 0 saturated heterocycles. The third-order valence-electron chi connectivity index (χ3n) is 1.05. The summed E-state index contributed by atoms with van der Waals surface area (Å²) in [6, 6.07) is 5.69. The van der Waals surface area contributed by atoms with E-state index in [1.54, 1.807) is 11.6 Å². The molecule has 3 nitrogen and oxygen atoms in total. The van der Waals surface area contributed by atoms with Crippen molar-refractivity contribution in [2.24, 2.45) is 0 Å². The highest BCUT2D eigenvalue weighted by Gasteiger charge is 1.98. The highest BCUT2D eigenvalue weighted by molar-refractivity contribution is 4.84. The van der Waals surface area contributed by atoms with Crippen LogP contribution in [0.15, 0.2) is 30.6 Å². The molecule has 2 N–H and O–H groups in total. The number of hydrogen-bond donors (Lipinski definition) is 2. The first-order valence-electron chi connectivity index (χ1n) is 3.20. The van der Waals surface area contributed by atoms with Gasteiger partial charge in [-0.3, -0.25) is 0 Å². The van der Waals surface area contributed by atoms with Crippen molar-refractivity contribution in [2.75, 3.05) is 5.43 Å². The van der Waals surface area contributed by atoms with E-state index in [9.17, 15) is 0 Å². The molecule has 1 aromatic heterocycles. The van der Waals surface area contributed by atoms with Crippen molar-refractivity contribution in [3.05, 3.63) is 30.6 Å². The second-order valence-electron chi connectivity index (χ2n) is 2.09. The summed E-state index contributed by atoms with van der Waals surface area (Å²) in [6.45, 7) is 1.67. The Balaban J connectivity index is 2.59. The fourth-order valence-corrected chi connectivity index (χ4v) is 0.700. The van der Waals surface area contributed by atoms with Gasteiger partial charge < -0.3 is 5.11 Å². The van der Waals surface area contributed by atoms with E-state index < -0.39 is 6.23 Å². The van der Waals surface area contributed by atoms with Crippen molar-refractivity contribution in [1.82, 2.24) is 0 Å². The molecule has 54 valence electrons. The van der Waals surface area contributed by atoms with Gasteiger partial charge in [-0.05, 0) is 6.92 Å². The SMILES string of the molecule is CC(O)N[n+]1ccccc1. The Bertz CT molecular complexity index is 186. The van der Waals surface area contributed by atoms with E-state index in [0.29, 0.717) is 0 Å². The summed E-state index contributed by atoms with van der Waals surface area (Å²) in [5.74, 6) is 0. The Morgan fingerprint density at radius 1 is 1.30 bits per heavy atom. The smallest absolute Gasteiger partial charge is 0.199 e. The van der Waals surface area contributed by atoms with Gasteiger partial charge in [0.1, 0.15) is 0 Å². The minimum atomic E-state index is -0.521. The van der Waals surface area contributed by atoms with E-state index in [1.165, 1.54) is 0 Å². The number of nitrogens with one attached hydrogen (secondary N) is 1. The average Bonchev–Trinajstić information content (AvgIpc) is 1.88. The third-order valence-corrected chi connectivity index (χ3v) is 1.05. The summed E-state index contributed by atoms with van der Waals surface area (Å²) < 4.78 is 1.70. The van der Waals surface area contributed by atoms with E-state index in [0.717, 1.165) is 0 Å². The zero-order chi connectivity index (χ0) is 7.40. The Hall–Kier alpha value is -1.09. The first-order chi connectivity index (χ1) is 4.79. The molecule has 0 bridgehead atoms. The lowest BCUT2D eigenvalue weighted by molar-refractivity contribution is -0.657. The Morgan fingerprint density at radius 3 is 2.40 bits per heavy atom. The van der Waals surface area contributed by atoms with Gasteiger partial charge in [0, 0.05) is 12.1 Å². The number of rotatable bonds is 2. The van der Waals surface area contributed by atoms with E-state index in [1.807, 2.05) is 30.6 Å². The monoisotopic (exact) mass is 139 g/mol. The molecular weight excluding hydrogens is 128 g/mol. The standard InChI is InChI=1S/C7H11N2O/c1-7(10)8-9-5-3-2-4-6-9/h2-8,10H,1H3/q+1. The van der Waals surface area contributed by atoms with Crippen molar-refractivity contribution in [1.29, 1.82) is 0 Å². The van der Waals surface area contributed by atoms with E-state index in [-0.39, 0.29) is 0 Å². The van der Waals surface area contributed by atoms with Gasteiger partial charge in [0.05, 0.1) is 0 Å². The van der Waals surface area contributed by atoms with Crippen molar-refractivity contribution < 1.29 is 9.78 Å². The summed E-state index contributed by atoms with van der Waals surface area (Å²) in [4.78, 5) is 0. The Morgan fingerprint density at radius 2 is 1.90 bits per heavy atom. The van der Waals surface area contributed by atoms with Gasteiger partial charge in [0.25, 0.3) is 0 Å². The molecule has 0 amide bonds. The molecule has 0 fully saturated rings. The zero-order valence-corrected chi connectivity index (χ0v) is 5.86. The zero-order valence-electron chi connectivity index (χ0n) is 5.86. The Labute approximate surface area is 59.9 Å². The van der Waals surface area contributed by atoms with Gasteiger partial charge in [-0.1, -0.05) is 10.7 Å². The third kappa shape index (κ3) is 2.03. The number of aromatic nitrogens is 1. The molecule has 0 aliphatic carbocycles. The maximum Gasteiger partial charge on any atom is 0.199 e. The van der Waals surface area contributed by atoms with Gasteiger partial charge in [-0.15, -0.1) is 0 Å². The highest BCUT2D eigenvalue weighted by atomic mass is 16.3. The number of aliphatic hydroxyl groups excluding tert-OH is 1. The van der Waals surface area contributed by atoms with E-state index >= 15 is 0 Å². The van der Waals surface area contributed by atoms with Gasteiger partial charge in [-0.2, -0.15) is 5.43 Å². The average molecular weight is 139 g/mol. The van der Waals surface area contributed by atoms with Crippen LogP contribution >= 0.6 is 0 Å². The van der Waals surface area contributed by atoms with E-state index in [2.05, 4.69) is 5.43 Å². The fourth-order valence-electron chi connectivity index (χ4n) is 0.700. The summed E-state index contributed by atoms with van der Waals surface area (Å²) in [5, 5.41) is 8.87. The first-order valence-corrected chi connectivity index (χ1v) is 3.20. The summed E-state index contributed by atoms with van der Waals surface area (Å²) in [7, 11) is 0. The number of hydrogen-bond acceptors (Lipinski definition) is 2. The lowest BCUT2D eigenvalue weighted by Crippen LogP contribution is -2.48. The molecule has 10 heavy (non-hydrogen) atoms. The van der Waals surface area contributed by atoms with Crippen LogP contribution in [-0.4, -0.2) is 11.3 Å². The molecular formula is C7H11N2O+. The van der Waals surface area contributed by atoms with Crippen LogP contribution in [0.25, 0.3) is 0 Å². The summed E-state index contributed by atoms with van der Waals surface area (Å²) in [5.41, 5.74) is 2.78. The van der Waals surface area contributed by atoms with Crippen LogP contribution in [-0.2, 0) is 0 Å². The molecule has 0 aliphatic rings. The predicted molar refractivity (Wildman–Crippen MR) is 37.7 cm³/mol. The van der Waals surface area contributed by atoms with Crippen molar-refractivity contribution in [3.63, 3.8) is 0 Å². The second-order valence-corrected chi connectivity index (χ2v) is 2.09. The highest BCUT2D eigenvalue weighted by Crippen LogP contribution is 1.75. The van der Waals surface area contributed by atoms with Gasteiger partial charge in [0.2, 0.25) is 0 Å². The minimum Gasteiger partial charge on any atom is -0.369 e. The molecule has 1 aromatic rings. The maximum absolute atomic E-state index is 8.87. The second kappa shape index (κ2) is 3.17. The normalized spacial score (nSPS) is 12.6. The van der Waals surface area contributed by atoms with Crippen molar-refractivity contribution in [3.8, 4) is 0 Å². The van der Waals surface area contributed by atoms with Crippen molar-refractivity contribution in [2.45, 2.75) is 13.2 Å². The molecule has 0 saturated carbocycles. The molecule has 1 heterocycles. The maximum atomic E-state index is 8.87. The topological polar surface area (TPSA) is 36.1 Å². The molecule has 1 unspecified atom stereocenters. The largest absolute Gasteiger partial charge is 0.369 e. The first kappa shape index (κ1) is 7.02. The van der Waals surface area contributed by atoms with Crippen molar-refractivity contribution >= 4 is 0 Å².